The van der Waals surface area contributed by atoms with Crippen molar-refractivity contribution in [3.8, 4) is 0 Å². The highest BCUT2D eigenvalue weighted by Gasteiger charge is 2.89. The highest BCUT2D eigenvalue weighted by molar-refractivity contribution is 5.84. The highest BCUT2D eigenvalue weighted by atomic mass is 19.4. The summed E-state index contributed by atoms with van der Waals surface area (Å²) < 4.78 is 156. The molecule has 14 heteroatoms. The van der Waals surface area contributed by atoms with Crippen molar-refractivity contribution in [3.05, 3.63) is 0 Å². The molecule has 30 heavy (non-hydrogen) atoms. The zero-order valence-electron chi connectivity index (χ0n) is 15.7. The quantitative estimate of drug-likeness (QED) is 0.234. The number of nitrogens with one attached hydrogen (secondary N) is 1. The number of halogens is 12. The lowest BCUT2D eigenvalue weighted by Gasteiger charge is -2.38. The largest absolute Gasteiger partial charge is 0.392 e. The molecule has 0 aliphatic rings. The molecule has 0 heterocycles. The molecule has 0 aromatic carbocycles. The first kappa shape index (κ1) is 28.6. The Morgan fingerprint density at radius 3 is 1.57 bits per heavy atom. The number of rotatable bonds is 14. The molecule has 180 valence electrons. The van der Waals surface area contributed by atoms with Crippen LogP contribution in [0.2, 0.25) is 0 Å². The number of alkyl halides is 12. The Morgan fingerprint density at radius 1 is 0.700 bits per heavy atom. The second-order valence-electron chi connectivity index (χ2n) is 6.60. The van der Waals surface area contributed by atoms with Gasteiger partial charge in [0.1, 0.15) is 0 Å². The minimum atomic E-state index is -7.69. The van der Waals surface area contributed by atoms with Gasteiger partial charge in [-0.3, -0.25) is 4.79 Å². The van der Waals surface area contributed by atoms with E-state index in [1.807, 2.05) is 6.92 Å². The van der Waals surface area contributed by atoms with Gasteiger partial charge in [-0.15, -0.1) is 0 Å². The molecule has 0 spiro atoms. The van der Waals surface area contributed by atoms with Crippen LogP contribution in [-0.2, 0) is 4.79 Å². The van der Waals surface area contributed by atoms with Crippen LogP contribution in [0.5, 0.6) is 0 Å². The lowest BCUT2D eigenvalue weighted by molar-refractivity contribution is -0.407. The van der Waals surface area contributed by atoms with E-state index >= 15 is 0 Å². The topological polar surface area (TPSA) is 29.1 Å². The maximum absolute atomic E-state index is 13.5. The molecule has 0 aromatic rings. The Bertz CT molecular complexity index is 550. The molecule has 0 aliphatic carbocycles. The van der Waals surface area contributed by atoms with Crippen LogP contribution in [0.25, 0.3) is 0 Å². The highest BCUT2D eigenvalue weighted by Crippen LogP contribution is 2.58. The Kier molecular flexibility index (Phi) is 9.82. The molecule has 0 saturated heterocycles. The molecule has 0 aliphatic heterocycles. The van der Waals surface area contributed by atoms with E-state index in [0.717, 1.165) is 31.0 Å². The van der Waals surface area contributed by atoms with Crippen molar-refractivity contribution in [2.75, 3.05) is 6.54 Å². The van der Waals surface area contributed by atoms with E-state index in [2.05, 4.69) is 0 Å². The Labute approximate surface area is 164 Å². The van der Waals surface area contributed by atoms with Crippen molar-refractivity contribution in [1.29, 1.82) is 0 Å². The van der Waals surface area contributed by atoms with Gasteiger partial charge in [0.15, 0.2) is 0 Å². The summed E-state index contributed by atoms with van der Waals surface area (Å²) in [5, 5.41) is 1.13. The molecular weight excluding hydrogens is 450 g/mol. The van der Waals surface area contributed by atoms with E-state index in [-0.39, 0.29) is 6.42 Å². The van der Waals surface area contributed by atoms with Crippen LogP contribution >= 0.6 is 0 Å². The van der Waals surface area contributed by atoms with Crippen LogP contribution in [0.3, 0.4) is 0 Å². The van der Waals surface area contributed by atoms with Gasteiger partial charge in [-0.05, 0) is 6.42 Å². The molecule has 0 bridgehead atoms. The number of hydrogen-bond donors (Lipinski definition) is 1. The van der Waals surface area contributed by atoms with E-state index in [4.69, 9.17) is 0 Å². The van der Waals surface area contributed by atoms with Crippen LogP contribution in [-0.4, -0.2) is 48.5 Å². The van der Waals surface area contributed by atoms with Gasteiger partial charge in [-0.1, -0.05) is 45.4 Å². The van der Waals surface area contributed by atoms with Gasteiger partial charge in [0.25, 0.3) is 5.91 Å². The van der Waals surface area contributed by atoms with Crippen molar-refractivity contribution in [1.82, 2.24) is 5.32 Å². The lowest BCUT2D eigenvalue weighted by atomic mass is 9.94. The molecule has 0 aromatic heterocycles. The first-order valence-electron chi connectivity index (χ1n) is 8.88. The fourth-order valence-electron chi connectivity index (χ4n) is 2.28. The van der Waals surface area contributed by atoms with Gasteiger partial charge < -0.3 is 5.32 Å². The fraction of sp³-hybridized carbons (Fsp3) is 0.938. The number of carbonyl (C=O) groups excluding carboxylic acids is 1. The Balaban J connectivity index is 5.20. The summed E-state index contributed by atoms with van der Waals surface area (Å²) in [7, 11) is 0. The summed E-state index contributed by atoms with van der Waals surface area (Å²) in [6.07, 6.45) is -1.23. The zero-order valence-corrected chi connectivity index (χ0v) is 15.7. The monoisotopic (exact) mass is 471 g/mol. The number of unbranched alkanes of at least 4 members (excludes halogenated alkanes) is 6. The molecule has 0 saturated carbocycles. The molecular formula is C16H21F12NO. The average Bonchev–Trinajstić information content (AvgIpc) is 2.62. The van der Waals surface area contributed by atoms with E-state index in [9.17, 15) is 57.5 Å². The van der Waals surface area contributed by atoms with Crippen LogP contribution in [0.4, 0.5) is 52.7 Å². The minimum absolute atomic E-state index is 0.0461. The fourth-order valence-corrected chi connectivity index (χ4v) is 2.28. The third-order valence-corrected chi connectivity index (χ3v) is 4.23. The Morgan fingerprint density at radius 2 is 1.13 bits per heavy atom. The van der Waals surface area contributed by atoms with Crippen molar-refractivity contribution < 1.29 is 57.5 Å². The molecule has 0 fully saturated rings. The molecule has 0 unspecified atom stereocenters. The number of hydrogen-bond acceptors (Lipinski definition) is 1. The van der Waals surface area contributed by atoms with E-state index in [1.54, 1.807) is 0 Å². The first-order valence-corrected chi connectivity index (χ1v) is 8.88. The molecule has 1 amide bonds. The van der Waals surface area contributed by atoms with Gasteiger partial charge in [-0.25, -0.2) is 8.78 Å². The second-order valence-corrected chi connectivity index (χ2v) is 6.60. The van der Waals surface area contributed by atoms with E-state index < -0.39 is 48.5 Å². The van der Waals surface area contributed by atoms with Crippen LogP contribution in [0, 0.1) is 0 Å². The van der Waals surface area contributed by atoms with Crippen LogP contribution in [0.1, 0.15) is 51.9 Å². The number of amides is 1. The predicted molar refractivity (Wildman–Crippen MR) is 81.7 cm³/mol. The standard InChI is InChI=1S/C16H21F12NO/c1-2-3-4-5-6-7-8-9-29-11(30)13(21,22)15(25,26)16(27,28)14(23,24)12(19,20)10(17)18/h10H,2-9H2,1H3,(H,29,30). The molecule has 2 nitrogen and oxygen atoms in total. The van der Waals surface area contributed by atoms with Crippen molar-refractivity contribution >= 4 is 5.91 Å². The molecule has 1 N–H and O–H groups in total. The van der Waals surface area contributed by atoms with Crippen LogP contribution in [0.15, 0.2) is 0 Å². The molecule has 0 radical (unpaired) electrons. The second kappa shape index (κ2) is 10.3. The SMILES string of the molecule is CCCCCCCCCNC(=O)C(F)(F)C(F)(F)C(F)(F)C(F)(F)C(F)(F)C(F)F. The summed E-state index contributed by atoms with van der Waals surface area (Å²) in [6.45, 7) is 1.23. The average molecular weight is 471 g/mol. The first-order chi connectivity index (χ1) is 13.4. The number of carbonyl (C=O) groups is 1. The predicted octanol–water partition coefficient (Wildman–Crippen LogP) is 6.29. The summed E-state index contributed by atoms with van der Waals surface area (Å²) in [6, 6.07) is 0. The molecule has 0 rings (SSSR count). The lowest BCUT2D eigenvalue weighted by Crippen LogP contribution is -2.70. The van der Waals surface area contributed by atoms with E-state index in [0.29, 0.717) is 12.8 Å². The normalized spacial score (nSPS) is 14.3. The summed E-state index contributed by atoms with van der Waals surface area (Å²) >= 11 is 0. The van der Waals surface area contributed by atoms with Gasteiger partial charge >= 0.3 is 36.0 Å². The smallest absolute Gasteiger partial charge is 0.351 e. The zero-order chi connectivity index (χ0) is 24.0. The van der Waals surface area contributed by atoms with Gasteiger partial charge in [0.2, 0.25) is 0 Å². The maximum Gasteiger partial charge on any atom is 0.392 e. The summed E-state index contributed by atoms with van der Waals surface area (Å²) in [5.74, 6) is -39.5. The maximum atomic E-state index is 13.5. The van der Waals surface area contributed by atoms with E-state index in [1.165, 1.54) is 0 Å². The van der Waals surface area contributed by atoms with Gasteiger partial charge in [0.05, 0.1) is 0 Å². The minimum Gasteiger partial charge on any atom is -0.351 e. The van der Waals surface area contributed by atoms with Crippen molar-refractivity contribution in [3.63, 3.8) is 0 Å². The van der Waals surface area contributed by atoms with Crippen molar-refractivity contribution in [2.24, 2.45) is 0 Å². The summed E-state index contributed by atoms with van der Waals surface area (Å²) in [5.41, 5.74) is 0. The Hall–Kier alpha value is -1.37. The summed E-state index contributed by atoms with van der Waals surface area (Å²) in [4.78, 5) is 11.2. The third-order valence-electron chi connectivity index (χ3n) is 4.23. The van der Waals surface area contributed by atoms with Crippen LogP contribution < -0.4 is 5.32 Å². The third kappa shape index (κ3) is 5.45. The van der Waals surface area contributed by atoms with Gasteiger partial charge in [0, 0.05) is 6.54 Å². The van der Waals surface area contributed by atoms with Crippen molar-refractivity contribution in [2.45, 2.75) is 87.9 Å². The molecule has 0 atom stereocenters. The van der Waals surface area contributed by atoms with Gasteiger partial charge in [-0.2, -0.15) is 43.9 Å².